The number of benzene rings is 1. The maximum atomic E-state index is 11.7. The van der Waals surface area contributed by atoms with Gasteiger partial charge < -0.3 is 0 Å². The van der Waals surface area contributed by atoms with Crippen LogP contribution in [0.5, 0.6) is 0 Å². The van der Waals surface area contributed by atoms with Crippen molar-refractivity contribution in [1.82, 2.24) is 0 Å². The minimum Gasteiger partial charge on any atom is -0.210 e. The van der Waals surface area contributed by atoms with Gasteiger partial charge in [-0.05, 0) is 29.5 Å². The van der Waals surface area contributed by atoms with Crippen LogP contribution in [0.2, 0.25) is 0 Å². The Morgan fingerprint density at radius 2 is 1.82 bits per heavy atom. The molecule has 0 N–H and O–H groups in total. The third-order valence-corrected chi connectivity index (χ3v) is 3.80. The fourth-order valence-corrected chi connectivity index (χ4v) is 2.39. The van der Waals surface area contributed by atoms with Crippen molar-refractivity contribution in [2.24, 2.45) is 4.40 Å². The van der Waals surface area contributed by atoms with E-state index in [-0.39, 0.29) is 10.3 Å². The van der Waals surface area contributed by atoms with Crippen molar-refractivity contribution in [3.05, 3.63) is 29.3 Å². The van der Waals surface area contributed by atoms with E-state index in [2.05, 4.69) is 4.40 Å². The Labute approximate surface area is 101 Å². The molecule has 0 heterocycles. The van der Waals surface area contributed by atoms with Crippen LogP contribution in [0.25, 0.3) is 0 Å². The number of hydrogen-bond donors (Lipinski definition) is 0. The summed E-state index contributed by atoms with van der Waals surface area (Å²) in [5.74, 6) is 0. The van der Waals surface area contributed by atoms with Gasteiger partial charge in [0, 0.05) is 0 Å². The zero-order valence-electron chi connectivity index (χ0n) is 10.3. The number of hydrogen-bond acceptors (Lipinski definition) is 3. The SMILES string of the molecule is Cc1ccc(C(C)(C)C)cc1S(=O)(=O)N=C=O. The van der Waals surface area contributed by atoms with Crippen LogP contribution < -0.4 is 0 Å². The molecule has 0 unspecified atom stereocenters. The lowest BCUT2D eigenvalue weighted by atomic mass is 9.87. The number of isocyanates is 1. The molecule has 0 spiro atoms. The average molecular weight is 253 g/mol. The fourth-order valence-electron chi connectivity index (χ4n) is 1.44. The first-order chi connectivity index (χ1) is 7.68. The molecular weight excluding hydrogens is 238 g/mol. The zero-order chi connectivity index (χ0) is 13.3. The lowest BCUT2D eigenvalue weighted by Crippen LogP contribution is -2.12. The monoisotopic (exact) mass is 253 g/mol. The van der Waals surface area contributed by atoms with E-state index >= 15 is 0 Å². The van der Waals surface area contributed by atoms with Crippen molar-refractivity contribution < 1.29 is 13.2 Å². The quantitative estimate of drug-likeness (QED) is 0.600. The maximum absolute atomic E-state index is 11.7. The summed E-state index contributed by atoms with van der Waals surface area (Å²) in [5, 5.41) is 0. The molecule has 0 aliphatic heterocycles. The molecule has 0 aliphatic carbocycles. The summed E-state index contributed by atoms with van der Waals surface area (Å²) in [6, 6.07) is 5.15. The molecule has 0 amide bonds. The van der Waals surface area contributed by atoms with Crippen molar-refractivity contribution in [3.8, 4) is 0 Å². The second-order valence-corrected chi connectivity index (χ2v) is 6.46. The van der Waals surface area contributed by atoms with Crippen molar-refractivity contribution in [3.63, 3.8) is 0 Å². The van der Waals surface area contributed by atoms with E-state index in [9.17, 15) is 13.2 Å². The van der Waals surface area contributed by atoms with Crippen molar-refractivity contribution >= 4 is 16.1 Å². The van der Waals surface area contributed by atoms with E-state index in [4.69, 9.17) is 0 Å². The molecule has 5 heteroatoms. The minimum atomic E-state index is -3.92. The third-order valence-electron chi connectivity index (χ3n) is 2.49. The lowest BCUT2D eigenvalue weighted by Gasteiger charge is -2.20. The smallest absolute Gasteiger partial charge is 0.210 e. The molecule has 0 saturated heterocycles. The first-order valence-corrected chi connectivity index (χ1v) is 6.58. The van der Waals surface area contributed by atoms with Crippen LogP contribution in [-0.2, 0) is 20.2 Å². The zero-order valence-corrected chi connectivity index (χ0v) is 11.1. The fraction of sp³-hybridized carbons (Fsp3) is 0.417. The Morgan fingerprint density at radius 3 is 2.29 bits per heavy atom. The minimum absolute atomic E-state index is 0.0632. The molecule has 4 nitrogen and oxygen atoms in total. The Hall–Kier alpha value is -1.45. The van der Waals surface area contributed by atoms with Crippen LogP contribution in [0.1, 0.15) is 31.9 Å². The number of aryl methyl sites for hydroxylation is 1. The summed E-state index contributed by atoms with van der Waals surface area (Å²) in [7, 11) is -3.92. The van der Waals surface area contributed by atoms with E-state index in [0.717, 1.165) is 11.6 Å². The van der Waals surface area contributed by atoms with Crippen molar-refractivity contribution in [2.75, 3.05) is 0 Å². The second-order valence-electron chi connectivity index (χ2n) is 4.89. The topological polar surface area (TPSA) is 63.6 Å². The van der Waals surface area contributed by atoms with E-state index in [1.54, 1.807) is 19.1 Å². The second kappa shape index (κ2) is 4.43. The van der Waals surface area contributed by atoms with Crippen molar-refractivity contribution in [1.29, 1.82) is 0 Å². The van der Waals surface area contributed by atoms with Gasteiger partial charge in [-0.15, -0.1) is 0 Å². The highest BCUT2D eigenvalue weighted by Crippen LogP contribution is 2.27. The number of carbonyl (C=O) groups excluding carboxylic acids is 1. The summed E-state index contributed by atoms with van der Waals surface area (Å²) < 4.78 is 26.3. The van der Waals surface area contributed by atoms with Gasteiger partial charge in [0.05, 0.1) is 4.90 Å². The van der Waals surface area contributed by atoms with Gasteiger partial charge in [0.15, 0.2) is 0 Å². The molecule has 0 radical (unpaired) electrons. The molecule has 0 aromatic heterocycles. The molecule has 0 atom stereocenters. The van der Waals surface area contributed by atoms with Gasteiger partial charge in [-0.25, -0.2) is 4.79 Å². The summed E-state index contributed by atoms with van der Waals surface area (Å²) in [6.45, 7) is 7.62. The highest BCUT2D eigenvalue weighted by atomic mass is 32.2. The van der Waals surface area contributed by atoms with Gasteiger partial charge in [-0.2, -0.15) is 8.42 Å². The molecule has 17 heavy (non-hydrogen) atoms. The van der Waals surface area contributed by atoms with E-state index < -0.39 is 10.0 Å². The predicted octanol–water partition coefficient (Wildman–Crippen LogP) is 2.32. The van der Waals surface area contributed by atoms with Gasteiger partial charge in [0.1, 0.15) is 0 Å². The number of nitrogens with zero attached hydrogens (tertiary/aromatic N) is 1. The molecule has 0 bridgehead atoms. The first-order valence-electron chi connectivity index (χ1n) is 5.14. The predicted molar refractivity (Wildman–Crippen MR) is 65.2 cm³/mol. The Bertz CT molecular complexity index is 576. The molecule has 0 aliphatic rings. The lowest BCUT2D eigenvalue weighted by molar-refractivity contribution is 0.563. The molecular formula is C12H15NO3S. The molecule has 1 aromatic rings. The summed E-state index contributed by atoms with van der Waals surface area (Å²) in [5.41, 5.74) is 1.28. The van der Waals surface area contributed by atoms with Crippen LogP contribution in [0.3, 0.4) is 0 Å². The maximum Gasteiger partial charge on any atom is 0.292 e. The summed E-state index contributed by atoms with van der Waals surface area (Å²) >= 11 is 0. The van der Waals surface area contributed by atoms with Gasteiger partial charge >= 0.3 is 0 Å². The largest absolute Gasteiger partial charge is 0.292 e. The van der Waals surface area contributed by atoms with E-state index in [1.165, 1.54) is 0 Å². The third kappa shape index (κ3) is 3.02. The Balaban J connectivity index is 3.50. The van der Waals surface area contributed by atoms with Gasteiger partial charge in [-0.1, -0.05) is 37.3 Å². The van der Waals surface area contributed by atoms with Crippen LogP contribution in [-0.4, -0.2) is 14.5 Å². The molecule has 92 valence electrons. The van der Waals surface area contributed by atoms with Crippen LogP contribution >= 0.6 is 0 Å². The first kappa shape index (κ1) is 13.6. The van der Waals surface area contributed by atoms with E-state index in [1.807, 2.05) is 26.8 Å². The van der Waals surface area contributed by atoms with Gasteiger partial charge in [-0.3, -0.25) is 0 Å². The molecule has 1 aromatic carbocycles. The molecule has 0 fully saturated rings. The highest BCUT2D eigenvalue weighted by molar-refractivity contribution is 7.90. The summed E-state index contributed by atoms with van der Waals surface area (Å²) in [4.78, 5) is 10.2. The average Bonchev–Trinajstić information content (AvgIpc) is 2.15. The van der Waals surface area contributed by atoms with Crippen LogP contribution in [0, 0.1) is 6.92 Å². The summed E-state index contributed by atoms with van der Waals surface area (Å²) in [6.07, 6.45) is 1.08. The normalized spacial score (nSPS) is 12.0. The number of rotatable bonds is 2. The highest BCUT2D eigenvalue weighted by Gasteiger charge is 2.20. The number of sulfonamides is 1. The van der Waals surface area contributed by atoms with Gasteiger partial charge in [0.25, 0.3) is 16.1 Å². The van der Waals surface area contributed by atoms with Gasteiger partial charge in [0.2, 0.25) is 0 Å². The van der Waals surface area contributed by atoms with E-state index in [0.29, 0.717) is 5.56 Å². The molecule has 1 rings (SSSR count). The van der Waals surface area contributed by atoms with Crippen molar-refractivity contribution in [2.45, 2.75) is 38.0 Å². The Kier molecular flexibility index (Phi) is 3.55. The van der Waals surface area contributed by atoms with Crippen LogP contribution in [0.15, 0.2) is 27.5 Å². The van der Waals surface area contributed by atoms with Crippen LogP contribution in [0.4, 0.5) is 0 Å². The molecule has 0 saturated carbocycles. The Morgan fingerprint density at radius 1 is 1.24 bits per heavy atom. The standard InChI is InChI=1S/C12H15NO3S/c1-9-5-6-10(12(2,3)4)7-11(9)17(15,16)13-8-14/h5-7H,1-4H3.